The van der Waals surface area contributed by atoms with E-state index in [0.29, 0.717) is 6.54 Å². The second-order valence-corrected chi connectivity index (χ2v) is 5.73. The summed E-state index contributed by atoms with van der Waals surface area (Å²) in [5.41, 5.74) is 8.15. The van der Waals surface area contributed by atoms with Crippen molar-refractivity contribution in [1.29, 1.82) is 0 Å². The first-order chi connectivity index (χ1) is 9.78. The van der Waals surface area contributed by atoms with Crippen molar-refractivity contribution in [3.63, 3.8) is 0 Å². The molecule has 1 fully saturated rings. The Hall–Kier alpha value is -1.06. The van der Waals surface area contributed by atoms with Gasteiger partial charge < -0.3 is 10.5 Å². The minimum atomic E-state index is 0.532. The van der Waals surface area contributed by atoms with Crippen molar-refractivity contribution in [3.8, 4) is 5.75 Å². The average Bonchev–Trinajstić information content (AvgIpc) is 2.72. The Labute approximate surface area is 123 Å². The van der Waals surface area contributed by atoms with Gasteiger partial charge in [-0.3, -0.25) is 4.90 Å². The largest absolute Gasteiger partial charge is 0.496 e. The first-order valence-corrected chi connectivity index (χ1v) is 7.88. The van der Waals surface area contributed by atoms with Crippen molar-refractivity contribution >= 4 is 0 Å². The Balaban J connectivity index is 2.11. The Morgan fingerprint density at radius 1 is 1.30 bits per heavy atom. The van der Waals surface area contributed by atoms with Crippen molar-refractivity contribution in [2.75, 3.05) is 13.7 Å². The number of ether oxygens (including phenoxy) is 1. The van der Waals surface area contributed by atoms with Crippen molar-refractivity contribution in [2.45, 2.75) is 58.2 Å². The van der Waals surface area contributed by atoms with E-state index >= 15 is 0 Å². The number of nitrogens with two attached hydrogens (primary N) is 1. The summed E-state index contributed by atoms with van der Waals surface area (Å²) in [4.78, 5) is 2.64. The Morgan fingerprint density at radius 3 is 2.85 bits per heavy atom. The highest BCUT2D eigenvalue weighted by atomic mass is 16.5. The van der Waals surface area contributed by atoms with Crippen LogP contribution in [0.5, 0.6) is 5.75 Å². The van der Waals surface area contributed by atoms with Crippen LogP contribution in [0.2, 0.25) is 0 Å². The van der Waals surface area contributed by atoms with E-state index in [-0.39, 0.29) is 0 Å². The van der Waals surface area contributed by atoms with Crippen LogP contribution in [0.1, 0.15) is 50.2 Å². The zero-order chi connectivity index (χ0) is 14.4. The molecule has 0 bridgehead atoms. The fourth-order valence-corrected chi connectivity index (χ4v) is 3.20. The molecule has 1 saturated heterocycles. The van der Waals surface area contributed by atoms with E-state index in [0.717, 1.165) is 23.9 Å². The standard InChI is InChI=1S/C17H28N2O/c1-3-16-7-5-4-6-10-19(16)13-14-8-9-15(12-18)17(11-14)20-2/h8-9,11,16H,3-7,10,12-13,18H2,1-2H3. The van der Waals surface area contributed by atoms with Gasteiger partial charge >= 0.3 is 0 Å². The van der Waals surface area contributed by atoms with Gasteiger partial charge in [-0.2, -0.15) is 0 Å². The lowest BCUT2D eigenvalue weighted by molar-refractivity contribution is 0.186. The van der Waals surface area contributed by atoms with Gasteiger partial charge in [0.2, 0.25) is 0 Å². The lowest BCUT2D eigenvalue weighted by atomic mass is 10.1. The molecule has 1 unspecified atom stereocenters. The smallest absolute Gasteiger partial charge is 0.123 e. The first-order valence-electron chi connectivity index (χ1n) is 7.88. The normalized spacial score (nSPS) is 20.6. The summed E-state index contributed by atoms with van der Waals surface area (Å²) in [5.74, 6) is 0.924. The summed E-state index contributed by atoms with van der Waals surface area (Å²) in [7, 11) is 1.72. The monoisotopic (exact) mass is 276 g/mol. The fraction of sp³-hybridized carbons (Fsp3) is 0.647. The predicted molar refractivity (Wildman–Crippen MR) is 83.8 cm³/mol. The highest BCUT2D eigenvalue weighted by Crippen LogP contribution is 2.24. The van der Waals surface area contributed by atoms with Gasteiger partial charge in [-0.1, -0.05) is 31.9 Å². The number of nitrogens with zero attached hydrogens (tertiary/aromatic N) is 1. The molecule has 1 aliphatic rings. The SMILES string of the molecule is CCC1CCCCCN1Cc1ccc(CN)c(OC)c1. The molecule has 3 heteroatoms. The summed E-state index contributed by atoms with van der Waals surface area (Å²) in [6.45, 7) is 5.09. The van der Waals surface area contributed by atoms with Gasteiger partial charge in [0.1, 0.15) is 5.75 Å². The quantitative estimate of drug-likeness (QED) is 0.896. The zero-order valence-electron chi connectivity index (χ0n) is 12.9. The summed E-state index contributed by atoms with van der Waals surface area (Å²) in [5, 5.41) is 0. The lowest BCUT2D eigenvalue weighted by Gasteiger charge is -2.29. The molecule has 0 aromatic heterocycles. The topological polar surface area (TPSA) is 38.5 Å². The van der Waals surface area contributed by atoms with Crippen molar-refractivity contribution in [2.24, 2.45) is 5.73 Å². The van der Waals surface area contributed by atoms with Crippen LogP contribution in [-0.4, -0.2) is 24.6 Å². The van der Waals surface area contributed by atoms with E-state index in [9.17, 15) is 0 Å². The maximum absolute atomic E-state index is 5.73. The molecule has 112 valence electrons. The Morgan fingerprint density at radius 2 is 2.15 bits per heavy atom. The van der Waals surface area contributed by atoms with Gasteiger partial charge in [0.25, 0.3) is 0 Å². The van der Waals surface area contributed by atoms with Gasteiger partial charge in [0.05, 0.1) is 7.11 Å². The van der Waals surface area contributed by atoms with E-state index in [1.54, 1.807) is 7.11 Å². The highest BCUT2D eigenvalue weighted by Gasteiger charge is 2.19. The molecule has 2 rings (SSSR count). The lowest BCUT2D eigenvalue weighted by Crippen LogP contribution is -2.33. The minimum absolute atomic E-state index is 0.532. The average molecular weight is 276 g/mol. The molecular formula is C17H28N2O. The van der Waals surface area contributed by atoms with Crippen molar-refractivity contribution < 1.29 is 4.74 Å². The maximum atomic E-state index is 5.73. The summed E-state index contributed by atoms with van der Waals surface area (Å²) in [6.07, 6.45) is 6.67. The Kier molecular flexibility index (Phi) is 5.86. The molecule has 1 aromatic carbocycles. The molecule has 1 heterocycles. The van der Waals surface area contributed by atoms with E-state index in [1.807, 2.05) is 0 Å². The third-order valence-corrected chi connectivity index (χ3v) is 4.43. The summed E-state index contributed by atoms with van der Waals surface area (Å²) >= 11 is 0. The second-order valence-electron chi connectivity index (χ2n) is 5.73. The molecule has 1 aliphatic heterocycles. The van der Waals surface area contributed by atoms with Crippen molar-refractivity contribution in [3.05, 3.63) is 29.3 Å². The number of benzene rings is 1. The zero-order valence-corrected chi connectivity index (χ0v) is 12.9. The number of likely N-dealkylation sites (tertiary alicyclic amines) is 1. The molecule has 2 N–H and O–H groups in total. The van der Waals surface area contributed by atoms with Gasteiger partial charge in [-0.15, -0.1) is 0 Å². The number of rotatable bonds is 5. The van der Waals surface area contributed by atoms with Crippen LogP contribution in [0.4, 0.5) is 0 Å². The molecule has 0 aliphatic carbocycles. The second kappa shape index (κ2) is 7.65. The molecule has 3 nitrogen and oxygen atoms in total. The summed E-state index contributed by atoms with van der Waals surface area (Å²) < 4.78 is 5.45. The number of methoxy groups -OCH3 is 1. The van der Waals surface area contributed by atoms with Crippen LogP contribution < -0.4 is 10.5 Å². The van der Waals surface area contributed by atoms with Gasteiger partial charge in [0.15, 0.2) is 0 Å². The molecule has 0 amide bonds. The molecule has 20 heavy (non-hydrogen) atoms. The van der Waals surface area contributed by atoms with Gasteiger partial charge in [-0.25, -0.2) is 0 Å². The van der Waals surface area contributed by atoms with Gasteiger partial charge in [0, 0.05) is 24.7 Å². The van der Waals surface area contributed by atoms with Crippen LogP contribution in [0.25, 0.3) is 0 Å². The van der Waals surface area contributed by atoms with Crippen LogP contribution in [0.15, 0.2) is 18.2 Å². The fourth-order valence-electron chi connectivity index (χ4n) is 3.20. The molecule has 0 spiro atoms. The van der Waals surface area contributed by atoms with E-state index in [1.165, 1.54) is 44.2 Å². The molecule has 0 radical (unpaired) electrons. The van der Waals surface area contributed by atoms with Gasteiger partial charge in [-0.05, 0) is 37.4 Å². The van der Waals surface area contributed by atoms with E-state index in [2.05, 4.69) is 30.0 Å². The van der Waals surface area contributed by atoms with E-state index < -0.39 is 0 Å². The minimum Gasteiger partial charge on any atom is -0.496 e. The van der Waals surface area contributed by atoms with Crippen molar-refractivity contribution in [1.82, 2.24) is 4.90 Å². The van der Waals surface area contributed by atoms with Crippen LogP contribution >= 0.6 is 0 Å². The molecule has 1 aromatic rings. The third-order valence-electron chi connectivity index (χ3n) is 4.43. The molecule has 0 saturated carbocycles. The first kappa shape index (κ1) is 15.3. The highest BCUT2D eigenvalue weighted by molar-refractivity contribution is 5.37. The third kappa shape index (κ3) is 3.74. The molecule has 1 atom stereocenters. The Bertz CT molecular complexity index is 419. The predicted octanol–water partition coefficient (Wildman–Crippen LogP) is 3.31. The maximum Gasteiger partial charge on any atom is 0.123 e. The van der Waals surface area contributed by atoms with Crippen LogP contribution in [-0.2, 0) is 13.1 Å². The molecular weight excluding hydrogens is 248 g/mol. The van der Waals surface area contributed by atoms with E-state index in [4.69, 9.17) is 10.5 Å². The number of hydrogen-bond donors (Lipinski definition) is 1. The van der Waals surface area contributed by atoms with Crippen LogP contribution in [0.3, 0.4) is 0 Å². The van der Waals surface area contributed by atoms with Crippen LogP contribution in [0, 0.1) is 0 Å². The number of hydrogen-bond acceptors (Lipinski definition) is 3. The summed E-state index contributed by atoms with van der Waals surface area (Å²) in [6, 6.07) is 7.19.